The summed E-state index contributed by atoms with van der Waals surface area (Å²) in [5, 5.41) is 3.25. The molecule has 4 nitrogen and oxygen atoms in total. The van der Waals surface area contributed by atoms with Crippen molar-refractivity contribution in [2.24, 2.45) is 0 Å². The van der Waals surface area contributed by atoms with E-state index in [2.05, 4.69) is 47.9 Å². The highest BCUT2D eigenvalue weighted by Crippen LogP contribution is 2.04. The highest BCUT2D eigenvalue weighted by atomic mass is 15.2. The number of nitrogens with one attached hydrogen (secondary N) is 1. The van der Waals surface area contributed by atoms with Gasteiger partial charge in [0, 0.05) is 37.6 Å². The summed E-state index contributed by atoms with van der Waals surface area (Å²) in [5.41, 5.74) is 1.08. The molecule has 1 aromatic rings. The minimum absolute atomic E-state index is 0.565. The fourth-order valence-electron chi connectivity index (χ4n) is 1.89. The Balaban J connectivity index is 2.38. The van der Waals surface area contributed by atoms with E-state index >= 15 is 0 Å². The van der Waals surface area contributed by atoms with E-state index in [1.165, 1.54) is 0 Å². The van der Waals surface area contributed by atoms with E-state index < -0.39 is 0 Å². The van der Waals surface area contributed by atoms with Crippen LogP contribution in [0.3, 0.4) is 0 Å². The van der Waals surface area contributed by atoms with Gasteiger partial charge >= 0.3 is 0 Å². The highest BCUT2D eigenvalue weighted by molar-refractivity contribution is 5.23. The van der Waals surface area contributed by atoms with E-state index in [0.717, 1.165) is 18.7 Å². The molecule has 0 unspecified atom stereocenters. The van der Waals surface area contributed by atoms with E-state index in [-0.39, 0.29) is 0 Å². The molecule has 4 heteroatoms. The van der Waals surface area contributed by atoms with Crippen LogP contribution in [0.4, 0.5) is 5.95 Å². The second-order valence-corrected chi connectivity index (χ2v) is 4.94. The van der Waals surface area contributed by atoms with Crippen molar-refractivity contribution in [3.8, 4) is 0 Å². The van der Waals surface area contributed by atoms with Crippen molar-refractivity contribution >= 4 is 5.95 Å². The molecule has 0 spiro atoms. The summed E-state index contributed by atoms with van der Waals surface area (Å²) in [4.78, 5) is 10.9. The number of anilines is 1. The van der Waals surface area contributed by atoms with Gasteiger partial charge in [-0.2, -0.15) is 0 Å². The second kappa shape index (κ2) is 6.55. The molecule has 1 N–H and O–H groups in total. The van der Waals surface area contributed by atoms with Gasteiger partial charge in [-0.15, -0.1) is 0 Å². The van der Waals surface area contributed by atoms with Crippen LogP contribution in [-0.4, -0.2) is 40.0 Å². The maximum Gasteiger partial charge on any atom is 0.222 e. The van der Waals surface area contributed by atoms with Gasteiger partial charge in [-0.05, 0) is 40.2 Å². The van der Waals surface area contributed by atoms with Crippen LogP contribution in [-0.2, 0) is 0 Å². The molecule has 0 atom stereocenters. The quantitative estimate of drug-likeness (QED) is 0.823. The van der Waals surface area contributed by atoms with Crippen LogP contribution >= 0.6 is 0 Å². The van der Waals surface area contributed by atoms with Crippen molar-refractivity contribution in [1.29, 1.82) is 0 Å². The summed E-state index contributed by atoms with van der Waals surface area (Å²) in [5.74, 6) is 0.711. The first-order chi connectivity index (χ1) is 8.00. The Morgan fingerprint density at radius 3 is 2.12 bits per heavy atom. The van der Waals surface area contributed by atoms with E-state index in [0.29, 0.717) is 18.0 Å². The van der Waals surface area contributed by atoms with E-state index in [1.54, 1.807) is 0 Å². The van der Waals surface area contributed by atoms with Gasteiger partial charge in [-0.1, -0.05) is 0 Å². The molecule has 0 fully saturated rings. The van der Waals surface area contributed by atoms with Crippen molar-refractivity contribution in [3.05, 3.63) is 18.0 Å². The summed E-state index contributed by atoms with van der Waals surface area (Å²) in [6, 6.07) is 1.13. The zero-order valence-corrected chi connectivity index (χ0v) is 11.6. The van der Waals surface area contributed by atoms with Gasteiger partial charge in [0.2, 0.25) is 5.95 Å². The number of aromatic nitrogens is 2. The van der Waals surface area contributed by atoms with Crippen LogP contribution in [0, 0.1) is 6.92 Å². The largest absolute Gasteiger partial charge is 0.353 e. The van der Waals surface area contributed by atoms with Crippen molar-refractivity contribution in [1.82, 2.24) is 14.9 Å². The Morgan fingerprint density at radius 1 is 1.12 bits per heavy atom. The molecule has 0 radical (unpaired) electrons. The molecule has 1 aromatic heterocycles. The van der Waals surface area contributed by atoms with Gasteiger partial charge in [0.25, 0.3) is 0 Å². The molecule has 0 aliphatic rings. The molecule has 1 heterocycles. The first kappa shape index (κ1) is 13.9. The molecule has 17 heavy (non-hydrogen) atoms. The molecule has 0 aliphatic carbocycles. The van der Waals surface area contributed by atoms with E-state index in [1.807, 2.05) is 19.3 Å². The molecule has 96 valence electrons. The molecular formula is C13H24N4. The number of nitrogens with zero attached hydrogens (tertiary/aromatic N) is 3. The van der Waals surface area contributed by atoms with Gasteiger partial charge in [-0.25, -0.2) is 9.97 Å². The number of aryl methyl sites for hydroxylation is 1. The standard InChI is InChI=1S/C13H24N4/c1-10(2)17(11(3)4)7-6-14-13-15-8-12(5)9-16-13/h8-11H,6-7H2,1-5H3,(H,14,15,16). The second-order valence-electron chi connectivity index (χ2n) is 4.94. The Hall–Kier alpha value is -1.16. The van der Waals surface area contributed by atoms with Gasteiger partial charge in [0.05, 0.1) is 0 Å². The SMILES string of the molecule is Cc1cnc(NCCN(C(C)C)C(C)C)nc1. The lowest BCUT2D eigenvalue weighted by Gasteiger charge is -2.30. The number of hydrogen-bond donors (Lipinski definition) is 1. The van der Waals surface area contributed by atoms with Crippen LogP contribution in [0.1, 0.15) is 33.3 Å². The lowest BCUT2D eigenvalue weighted by atomic mass is 10.2. The Morgan fingerprint density at radius 2 is 1.65 bits per heavy atom. The molecular weight excluding hydrogens is 212 g/mol. The predicted octanol–water partition coefficient (Wildman–Crippen LogP) is 2.32. The molecule has 0 bridgehead atoms. The fourth-order valence-corrected chi connectivity index (χ4v) is 1.89. The lowest BCUT2D eigenvalue weighted by Crippen LogP contribution is -2.40. The summed E-state index contributed by atoms with van der Waals surface area (Å²) in [7, 11) is 0. The maximum absolute atomic E-state index is 4.22. The fraction of sp³-hybridized carbons (Fsp3) is 0.692. The third kappa shape index (κ3) is 4.69. The monoisotopic (exact) mass is 236 g/mol. The Labute approximate surface area is 104 Å². The summed E-state index contributed by atoms with van der Waals surface area (Å²) in [6.45, 7) is 12.8. The summed E-state index contributed by atoms with van der Waals surface area (Å²) in [6.07, 6.45) is 3.66. The van der Waals surface area contributed by atoms with E-state index in [9.17, 15) is 0 Å². The third-order valence-electron chi connectivity index (χ3n) is 2.76. The van der Waals surface area contributed by atoms with Gasteiger partial charge in [0.1, 0.15) is 0 Å². The van der Waals surface area contributed by atoms with Crippen LogP contribution < -0.4 is 5.32 Å². The van der Waals surface area contributed by atoms with Crippen molar-refractivity contribution in [2.45, 2.75) is 46.7 Å². The summed E-state index contributed by atoms with van der Waals surface area (Å²) < 4.78 is 0. The van der Waals surface area contributed by atoms with E-state index in [4.69, 9.17) is 0 Å². The van der Waals surface area contributed by atoms with Crippen LogP contribution in [0.15, 0.2) is 12.4 Å². The van der Waals surface area contributed by atoms with Gasteiger partial charge < -0.3 is 5.32 Å². The molecule has 0 saturated carbocycles. The van der Waals surface area contributed by atoms with Crippen molar-refractivity contribution < 1.29 is 0 Å². The first-order valence-electron chi connectivity index (χ1n) is 6.29. The van der Waals surface area contributed by atoms with Crippen LogP contribution in [0.5, 0.6) is 0 Å². The lowest BCUT2D eigenvalue weighted by molar-refractivity contribution is 0.182. The molecule has 0 aliphatic heterocycles. The van der Waals surface area contributed by atoms with Gasteiger partial charge in [-0.3, -0.25) is 4.90 Å². The molecule has 0 saturated heterocycles. The summed E-state index contributed by atoms with van der Waals surface area (Å²) >= 11 is 0. The highest BCUT2D eigenvalue weighted by Gasteiger charge is 2.12. The molecule has 0 aromatic carbocycles. The molecule has 1 rings (SSSR count). The average molecular weight is 236 g/mol. The zero-order valence-electron chi connectivity index (χ0n) is 11.6. The zero-order chi connectivity index (χ0) is 12.8. The average Bonchev–Trinajstić information content (AvgIpc) is 2.25. The van der Waals surface area contributed by atoms with Crippen LogP contribution in [0.2, 0.25) is 0 Å². The first-order valence-corrected chi connectivity index (χ1v) is 6.29. The Bertz CT molecular complexity index is 311. The molecule has 0 amide bonds. The number of rotatable bonds is 6. The maximum atomic E-state index is 4.22. The Kier molecular flexibility index (Phi) is 5.35. The minimum atomic E-state index is 0.565. The topological polar surface area (TPSA) is 41.1 Å². The smallest absolute Gasteiger partial charge is 0.222 e. The van der Waals surface area contributed by atoms with Crippen molar-refractivity contribution in [2.75, 3.05) is 18.4 Å². The predicted molar refractivity (Wildman–Crippen MR) is 72.2 cm³/mol. The van der Waals surface area contributed by atoms with Gasteiger partial charge in [0.15, 0.2) is 0 Å². The third-order valence-corrected chi connectivity index (χ3v) is 2.76. The van der Waals surface area contributed by atoms with Crippen LogP contribution in [0.25, 0.3) is 0 Å². The number of hydrogen-bond acceptors (Lipinski definition) is 4. The normalized spacial score (nSPS) is 11.5. The van der Waals surface area contributed by atoms with Crippen molar-refractivity contribution in [3.63, 3.8) is 0 Å². The minimum Gasteiger partial charge on any atom is -0.353 e.